The van der Waals surface area contributed by atoms with Gasteiger partial charge in [0.05, 0.1) is 11.9 Å². The van der Waals surface area contributed by atoms with E-state index in [4.69, 9.17) is 5.11 Å². The molecule has 3 N–H and O–H groups in total. The number of aryl methyl sites for hydroxylation is 1. The van der Waals surface area contributed by atoms with Gasteiger partial charge in [-0.25, -0.2) is 13.1 Å². The van der Waals surface area contributed by atoms with Gasteiger partial charge in [0.2, 0.25) is 10.0 Å². The molecule has 1 aromatic rings. The van der Waals surface area contributed by atoms with E-state index in [2.05, 4.69) is 14.9 Å². The van der Waals surface area contributed by atoms with Crippen LogP contribution >= 0.6 is 0 Å². The Labute approximate surface area is 101 Å². The van der Waals surface area contributed by atoms with Gasteiger partial charge in [-0.2, -0.15) is 5.10 Å². The number of aliphatic hydroxyl groups excluding tert-OH is 1. The van der Waals surface area contributed by atoms with Gasteiger partial charge in [-0.3, -0.25) is 5.10 Å². The molecule has 98 valence electrons. The molecule has 0 bridgehead atoms. The normalized spacial score (nSPS) is 13.8. The summed E-state index contributed by atoms with van der Waals surface area (Å²) in [6.45, 7) is 4.09. The van der Waals surface area contributed by atoms with E-state index in [0.29, 0.717) is 18.7 Å². The van der Waals surface area contributed by atoms with Gasteiger partial charge in [0.25, 0.3) is 0 Å². The summed E-state index contributed by atoms with van der Waals surface area (Å²) in [6, 6.07) is 0. The summed E-state index contributed by atoms with van der Waals surface area (Å²) < 4.78 is 26.1. The van der Waals surface area contributed by atoms with Gasteiger partial charge < -0.3 is 5.11 Å². The van der Waals surface area contributed by atoms with Crippen LogP contribution in [-0.2, 0) is 10.0 Å². The molecule has 1 atom stereocenters. The van der Waals surface area contributed by atoms with Gasteiger partial charge in [0.1, 0.15) is 4.90 Å². The third-order valence-electron chi connectivity index (χ3n) is 2.55. The van der Waals surface area contributed by atoms with Gasteiger partial charge >= 0.3 is 0 Å². The van der Waals surface area contributed by atoms with Crippen molar-refractivity contribution in [1.82, 2.24) is 14.9 Å². The summed E-state index contributed by atoms with van der Waals surface area (Å²) in [5.41, 5.74) is 0.529. The van der Waals surface area contributed by atoms with Crippen molar-refractivity contribution in [2.75, 3.05) is 13.2 Å². The van der Waals surface area contributed by atoms with Crippen LogP contribution in [-0.4, -0.2) is 36.9 Å². The standard InChI is InChI=1S/C10H19N3O3S/c1-8(7-14)4-3-5-12-17(15,16)10-6-11-13-9(10)2/h6,8,12,14H,3-5,7H2,1-2H3,(H,11,13). The van der Waals surface area contributed by atoms with Gasteiger partial charge in [-0.05, 0) is 25.7 Å². The minimum absolute atomic E-state index is 0.133. The Kier molecular flexibility index (Phi) is 5.10. The Morgan fingerprint density at radius 1 is 1.59 bits per heavy atom. The lowest BCUT2D eigenvalue weighted by Gasteiger charge is -2.08. The number of aromatic amines is 1. The highest BCUT2D eigenvalue weighted by Gasteiger charge is 2.17. The molecular formula is C10H19N3O3S. The third kappa shape index (κ3) is 4.10. The number of aliphatic hydroxyl groups is 1. The van der Waals surface area contributed by atoms with E-state index >= 15 is 0 Å². The molecule has 1 unspecified atom stereocenters. The average molecular weight is 261 g/mol. The topological polar surface area (TPSA) is 95.1 Å². The summed E-state index contributed by atoms with van der Waals surface area (Å²) in [4.78, 5) is 0.188. The first kappa shape index (κ1) is 14.1. The fraction of sp³-hybridized carbons (Fsp3) is 0.700. The minimum Gasteiger partial charge on any atom is -0.396 e. The molecular weight excluding hydrogens is 242 g/mol. The molecule has 0 aliphatic rings. The van der Waals surface area contributed by atoms with Crippen LogP contribution in [0.2, 0.25) is 0 Å². The Balaban J connectivity index is 2.44. The number of sulfonamides is 1. The molecule has 0 saturated carbocycles. The number of H-pyrrole nitrogens is 1. The molecule has 0 aliphatic carbocycles. The Bertz CT molecular complexity index is 441. The lowest BCUT2D eigenvalue weighted by Crippen LogP contribution is -2.25. The van der Waals surface area contributed by atoms with Gasteiger partial charge in [-0.1, -0.05) is 6.92 Å². The molecule has 1 rings (SSSR count). The first-order chi connectivity index (χ1) is 7.97. The molecule has 17 heavy (non-hydrogen) atoms. The second-order valence-corrected chi connectivity index (χ2v) is 5.92. The maximum Gasteiger partial charge on any atom is 0.243 e. The van der Waals surface area contributed by atoms with Crippen LogP contribution < -0.4 is 4.72 Å². The van der Waals surface area contributed by atoms with E-state index in [9.17, 15) is 8.42 Å². The van der Waals surface area contributed by atoms with Crippen LogP contribution in [0.4, 0.5) is 0 Å². The summed E-state index contributed by atoms with van der Waals surface area (Å²) in [5, 5.41) is 15.1. The zero-order chi connectivity index (χ0) is 12.9. The molecule has 0 fully saturated rings. The lowest BCUT2D eigenvalue weighted by atomic mass is 10.1. The summed E-state index contributed by atoms with van der Waals surface area (Å²) in [5.74, 6) is 0.204. The van der Waals surface area contributed by atoms with Crippen molar-refractivity contribution in [2.45, 2.75) is 31.6 Å². The molecule has 7 heteroatoms. The van der Waals surface area contributed by atoms with Crippen LogP contribution in [0.1, 0.15) is 25.5 Å². The Morgan fingerprint density at radius 2 is 2.29 bits per heavy atom. The maximum absolute atomic E-state index is 11.8. The van der Waals surface area contributed by atoms with E-state index < -0.39 is 10.0 Å². The summed E-state index contributed by atoms with van der Waals surface area (Å²) >= 11 is 0. The number of nitrogens with one attached hydrogen (secondary N) is 2. The first-order valence-electron chi connectivity index (χ1n) is 5.58. The predicted octanol–water partition coefficient (Wildman–Crippen LogP) is 0.405. The van der Waals surface area contributed by atoms with Gasteiger partial charge in [-0.15, -0.1) is 0 Å². The molecule has 0 radical (unpaired) electrons. The van der Waals surface area contributed by atoms with E-state index in [-0.39, 0.29) is 17.4 Å². The number of nitrogens with zero attached hydrogens (tertiary/aromatic N) is 1. The average Bonchev–Trinajstić information content (AvgIpc) is 2.71. The van der Waals surface area contributed by atoms with Crippen molar-refractivity contribution >= 4 is 10.0 Å². The van der Waals surface area contributed by atoms with Crippen molar-refractivity contribution in [2.24, 2.45) is 5.92 Å². The second kappa shape index (κ2) is 6.13. The summed E-state index contributed by atoms with van der Waals surface area (Å²) in [6.07, 6.45) is 2.80. The van der Waals surface area contributed by atoms with Crippen LogP contribution in [0.25, 0.3) is 0 Å². The largest absolute Gasteiger partial charge is 0.396 e. The lowest BCUT2D eigenvalue weighted by molar-refractivity contribution is 0.228. The zero-order valence-corrected chi connectivity index (χ0v) is 10.9. The molecule has 0 aromatic carbocycles. The van der Waals surface area contributed by atoms with Crippen molar-refractivity contribution < 1.29 is 13.5 Å². The third-order valence-corrected chi connectivity index (χ3v) is 4.13. The molecule has 0 aliphatic heterocycles. The first-order valence-corrected chi connectivity index (χ1v) is 7.06. The van der Waals surface area contributed by atoms with Crippen molar-refractivity contribution in [1.29, 1.82) is 0 Å². The number of rotatable bonds is 7. The Morgan fingerprint density at radius 3 is 2.82 bits per heavy atom. The van der Waals surface area contributed by atoms with E-state index in [1.54, 1.807) is 6.92 Å². The molecule has 0 amide bonds. The number of hydrogen-bond acceptors (Lipinski definition) is 4. The van der Waals surface area contributed by atoms with E-state index in [0.717, 1.165) is 6.42 Å². The molecule has 6 nitrogen and oxygen atoms in total. The van der Waals surface area contributed by atoms with Crippen molar-refractivity contribution in [3.63, 3.8) is 0 Å². The highest BCUT2D eigenvalue weighted by atomic mass is 32.2. The van der Waals surface area contributed by atoms with E-state index in [1.807, 2.05) is 6.92 Å². The smallest absolute Gasteiger partial charge is 0.243 e. The zero-order valence-electron chi connectivity index (χ0n) is 10.1. The second-order valence-electron chi connectivity index (χ2n) is 4.19. The fourth-order valence-corrected chi connectivity index (χ4v) is 2.65. The molecule has 1 aromatic heterocycles. The Hall–Kier alpha value is -0.920. The van der Waals surface area contributed by atoms with Crippen LogP contribution in [0, 0.1) is 12.8 Å². The minimum atomic E-state index is -3.46. The van der Waals surface area contributed by atoms with Crippen LogP contribution in [0.5, 0.6) is 0 Å². The monoisotopic (exact) mass is 261 g/mol. The van der Waals surface area contributed by atoms with Crippen molar-refractivity contribution in [3.05, 3.63) is 11.9 Å². The van der Waals surface area contributed by atoms with Gasteiger partial charge in [0, 0.05) is 13.2 Å². The quantitative estimate of drug-likeness (QED) is 0.619. The van der Waals surface area contributed by atoms with Gasteiger partial charge in [0.15, 0.2) is 0 Å². The highest BCUT2D eigenvalue weighted by Crippen LogP contribution is 2.11. The maximum atomic E-state index is 11.8. The highest BCUT2D eigenvalue weighted by molar-refractivity contribution is 7.89. The van der Waals surface area contributed by atoms with E-state index in [1.165, 1.54) is 6.20 Å². The van der Waals surface area contributed by atoms with Crippen LogP contribution in [0.3, 0.4) is 0 Å². The molecule has 1 heterocycles. The molecule has 0 saturated heterocycles. The SMILES string of the molecule is Cc1[nH]ncc1S(=O)(=O)NCCCC(C)CO. The summed E-state index contributed by atoms with van der Waals surface area (Å²) in [7, 11) is -3.46. The predicted molar refractivity (Wildman–Crippen MR) is 64.0 cm³/mol. The molecule has 0 spiro atoms. The fourth-order valence-electron chi connectivity index (χ4n) is 1.44. The van der Waals surface area contributed by atoms with Crippen molar-refractivity contribution in [3.8, 4) is 0 Å². The van der Waals surface area contributed by atoms with Crippen LogP contribution in [0.15, 0.2) is 11.1 Å². The number of hydrogen-bond donors (Lipinski definition) is 3. The number of aromatic nitrogens is 2.